The highest BCUT2D eigenvalue weighted by Gasteiger charge is 2.57. The predicted molar refractivity (Wildman–Crippen MR) is 109 cm³/mol. The van der Waals surface area contributed by atoms with Crippen LogP contribution in [0.4, 0.5) is 29.3 Å². The molecule has 5 heterocycles. The number of pyridine rings is 1. The normalized spacial score (nSPS) is 24.5. The number of β-amino-alcohol motifs (C(OH)–C–C–N with tert-alkyl or cyclic N) is 1. The summed E-state index contributed by atoms with van der Waals surface area (Å²) in [5, 5.41) is 14.0. The van der Waals surface area contributed by atoms with Crippen LogP contribution in [0.3, 0.4) is 0 Å². The quantitative estimate of drug-likeness (QED) is 0.466. The molecule has 0 spiro atoms. The smallest absolute Gasteiger partial charge is 0.379 e. The van der Waals surface area contributed by atoms with Crippen molar-refractivity contribution in [1.82, 2.24) is 24.5 Å². The van der Waals surface area contributed by atoms with Crippen molar-refractivity contribution in [3.05, 3.63) is 36.8 Å². The molecule has 2 unspecified atom stereocenters. The van der Waals surface area contributed by atoms with Crippen LogP contribution in [0, 0.1) is 0 Å². The maximum Gasteiger partial charge on any atom is 0.418 e. The van der Waals surface area contributed by atoms with E-state index in [1.54, 1.807) is 28.9 Å². The van der Waals surface area contributed by atoms with E-state index in [0.29, 0.717) is 41.6 Å². The lowest BCUT2D eigenvalue weighted by Crippen LogP contribution is -2.47. The molecule has 2 atom stereocenters. The Morgan fingerprint density at radius 3 is 2.72 bits per heavy atom. The van der Waals surface area contributed by atoms with Crippen molar-refractivity contribution in [2.75, 3.05) is 36.4 Å². The van der Waals surface area contributed by atoms with E-state index in [-0.39, 0.29) is 19.1 Å². The zero-order chi connectivity index (χ0) is 22.5. The van der Waals surface area contributed by atoms with Gasteiger partial charge in [-0.3, -0.25) is 4.40 Å². The fourth-order valence-corrected chi connectivity index (χ4v) is 4.15. The topological polar surface area (TPSA) is 81.8 Å². The highest BCUT2D eigenvalue weighted by Crippen LogP contribution is 2.39. The van der Waals surface area contributed by atoms with Crippen molar-refractivity contribution < 1.29 is 22.8 Å². The average molecular weight is 451 g/mol. The van der Waals surface area contributed by atoms with Crippen molar-refractivity contribution in [1.29, 1.82) is 0 Å². The molecule has 2 aliphatic rings. The van der Waals surface area contributed by atoms with Crippen LogP contribution in [0.25, 0.3) is 17.0 Å². The number of anilines is 2. The van der Waals surface area contributed by atoms with E-state index >= 15 is 0 Å². The lowest BCUT2D eigenvalue weighted by Gasteiger charge is -2.26. The number of nitrogens with zero attached hydrogens (tertiary/aromatic N) is 6. The fraction of sp³-hybridized carbons (Fsp3) is 0.450. The molecule has 5 rings (SSSR count). The Morgan fingerprint density at radius 1 is 1.16 bits per heavy atom. The monoisotopic (exact) mass is 451 g/mol. The van der Waals surface area contributed by atoms with Gasteiger partial charge >= 0.3 is 6.18 Å². The lowest BCUT2D eigenvalue weighted by atomic mass is 10.0. The molecule has 8 nitrogen and oxygen atoms in total. The summed E-state index contributed by atoms with van der Waals surface area (Å²) >= 11 is 0. The molecule has 0 amide bonds. The Morgan fingerprint density at radius 2 is 2.00 bits per heavy atom. The van der Waals surface area contributed by atoms with Gasteiger partial charge in [0.05, 0.1) is 36.5 Å². The van der Waals surface area contributed by atoms with Gasteiger partial charge in [0.1, 0.15) is 11.6 Å². The number of rotatable bonds is 4. The van der Waals surface area contributed by atoms with Crippen molar-refractivity contribution in [2.24, 2.45) is 0 Å². The summed E-state index contributed by atoms with van der Waals surface area (Å²) in [6, 6.07) is 5.37. The maximum absolute atomic E-state index is 13.3. The zero-order valence-corrected chi connectivity index (χ0v) is 16.9. The van der Waals surface area contributed by atoms with Gasteiger partial charge in [-0.05, 0) is 18.6 Å². The number of alkyl halides is 3. The number of fused-ring (bicyclic) bond motifs is 1. The molecule has 2 N–H and O–H groups in total. The number of halogens is 4. The first-order chi connectivity index (χ1) is 15.2. The zero-order valence-electron chi connectivity index (χ0n) is 16.9. The highest BCUT2D eigenvalue weighted by molar-refractivity contribution is 5.63. The van der Waals surface area contributed by atoms with Gasteiger partial charge in [0.15, 0.2) is 11.2 Å². The minimum atomic E-state index is -4.71. The Labute approximate surface area is 180 Å². The summed E-state index contributed by atoms with van der Waals surface area (Å²) in [4.78, 5) is 14.5. The number of aromatic nitrogens is 4. The summed E-state index contributed by atoms with van der Waals surface area (Å²) in [6.45, 7) is 0.115. The second-order valence-electron chi connectivity index (χ2n) is 8.22. The van der Waals surface area contributed by atoms with Crippen LogP contribution in [0.2, 0.25) is 0 Å². The Balaban J connectivity index is 1.42. The largest absolute Gasteiger partial charge is 0.418 e. The minimum absolute atomic E-state index is 0.0309. The van der Waals surface area contributed by atoms with Crippen LogP contribution >= 0.6 is 0 Å². The number of aliphatic hydroxyl groups is 1. The average Bonchev–Trinajstić information content (AvgIpc) is 3.46. The molecular formula is C20H21F4N7O. The summed E-state index contributed by atoms with van der Waals surface area (Å²) in [5.41, 5.74) is -1.00. The molecule has 32 heavy (non-hydrogen) atoms. The molecule has 2 aliphatic heterocycles. The van der Waals surface area contributed by atoms with E-state index in [0.717, 1.165) is 5.12 Å². The van der Waals surface area contributed by atoms with E-state index < -0.39 is 24.7 Å². The molecule has 3 aromatic rings. The summed E-state index contributed by atoms with van der Waals surface area (Å²) in [6.07, 6.45) is 0.233. The SMILES string of the molecule is OC1(C(F)(F)F)CCN(c2cn3c(-c4cccc(NC5CCN(F)C5)n4)cnc3cn2)C1. The fourth-order valence-electron chi connectivity index (χ4n) is 4.15. The molecule has 0 radical (unpaired) electrons. The van der Waals surface area contributed by atoms with E-state index in [1.807, 2.05) is 6.07 Å². The minimum Gasteiger partial charge on any atom is -0.379 e. The van der Waals surface area contributed by atoms with Gasteiger partial charge < -0.3 is 15.3 Å². The molecule has 2 fully saturated rings. The van der Waals surface area contributed by atoms with Crippen LogP contribution in [-0.4, -0.2) is 73.6 Å². The molecule has 0 aliphatic carbocycles. The summed E-state index contributed by atoms with van der Waals surface area (Å²) < 4.78 is 54.5. The Hall–Kier alpha value is -2.99. The van der Waals surface area contributed by atoms with Crippen LogP contribution in [0.1, 0.15) is 12.8 Å². The third-order valence-electron chi connectivity index (χ3n) is 5.98. The standard InChI is InChI=1S/C20H21F4N7O/c21-20(22,23)19(32)5-7-29(12-19)18-11-31-15(8-25-17(31)9-26-18)14-2-1-3-16(28-14)27-13-4-6-30(24)10-13/h1-3,8-9,11,13,32H,4-7,10,12H2,(H,27,28). The highest BCUT2D eigenvalue weighted by atomic mass is 19.4. The molecule has 2 saturated heterocycles. The van der Waals surface area contributed by atoms with Crippen LogP contribution in [0.15, 0.2) is 36.8 Å². The second kappa shape index (κ2) is 7.55. The van der Waals surface area contributed by atoms with Crippen molar-refractivity contribution in [3.8, 4) is 11.4 Å². The van der Waals surface area contributed by atoms with E-state index in [1.165, 1.54) is 11.1 Å². The van der Waals surface area contributed by atoms with Gasteiger partial charge in [0, 0.05) is 32.1 Å². The molecule has 3 aromatic heterocycles. The predicted octanol–water partition coefficient (Wildman–Crippen LogP) is 2.67. The first-order valence-corrected chi connectivity index (χ1v) is 10.2. The van der Waals surface area contributed by atoms with Gasteiger partial charge in [-0.25, -0.2) is 15.0 Å². The van der Waals surface area contributed by atoms with Crippen LogP contribution < -0.4 is 10.2 Å². The van der Waals surface area contributed by atoms with Crippen LogP contribution in [-0.2, 0) is 0 Å². The summed E-state index contributed by atoms with van der Waals surface area (Å²) in [5.74, 6) is 0.905. The Kier molecular flexibility index (Phi) is 4.93. The van der Waals surface area contributed by atoms with Gasteiger partial charge in [0.2, 0.25) is 0 Å². The summed E-state index contributed by atoms with van der Waals surface area (Å²) in [7, 11) is 0. The third kappa shape index (κ3) is 3.73. The number of imidazole rings is 1. The molecule has 12 heteroatoms. The molecular weight excluding hydrogens is 430 g/mol. The van der Waals surface area contributed by atoms with Gasteiger partial charge in [-0.15, -0.1) is 9.60 Å². The molecule has 0 saturated carbocycles. The van der Waals surface area contributed by atoms with Crippen molar-refractivity contribution in [2.45, 2.75) is 30.7 Å². The number of hydrogen-bond acceptors (Lipinski definition) is 7. The van der Waals surface area contributed by atoms with E-state index in [4.69, 9.17) is 0 Å². The lowest BCUT2D eigenvalue weighted by molar-refractivity contribution is -0.250. The van der Waals surface area contributed by atoms with Crippen molar-refractivity contribution in [3.63, 3.8) is 0 Å². The first-order valence-electron chi connectivity index (χ1n) is 10.2. The van der Waals surface area contributed by atoms with Crippen LogP contribution in [0.5, 0.6) is 0 Å². The van der Waals surface area contributed by atoms with Gasteiger partial charge in [0.25, 0.3) is 0 Å². The maximum atomic E-state index is 13.3. The van der Waals surface area contributed by atoms with E-state index in [2.05, 4.69) is 20.3 Å². The number of nitrogens with one attached hydrogen (secondary N) is 1. The first kappa shape index (κ1) is 20.9. The third-order valence-corrected chi connectivity index (χ3v) is 5.98. The number of hydrogen-bond donors (Lipinski definition) is 2. The second-order valence-corrected chi connectivity index (χ2v) is 8.22. The van der Waals surface area contributed by atoms with Gasteiger partial charge in [-0.2, -0.15) is 13.2 Å². The molecule has 0 aromatic carbocycles. The van der Waals surface area contributed by atoms with E-state index in [9.17, 15) is 22.8 Å². The molecule has 0 bridgehead atoms. The van der Waals surface area contributed by atoms with Crippen molar-refractivity contribution >= 4 is 17.3 Å². The van der Waals surface area contributed by atoms with Gasteiger partial charge in [-0.1, -0.05) is 6.07 Å². The molecule has 170 valence electrons. The Bertz CT molecular complexity index is 1140.